The second-order valence-electron chi connectivity index (χ2n) is 12.1. The van der Waals surface area contributed by atoms with Crippen molar-refractivity contribution in [2.45, 2.75) is 63.6 Å². The zero-order valence-corrected chi connectivity index (χ0v) is 24.5. The Labute approximate surface area is 247 Å². The van der Waals surface area contributed by atoms with Gasteiger partial charge in [0.05, 0.1) is 23.3 Å². The Hall–Kier alpha value is -3.81. The smallest absolute Gasteiger partial charge is 0.255 e. The highest BCUT2D eigenvalue weighted by molar-refractivity contribution is 6.24. The molecule has 13 heteroatoms. The van der Waals surface area contributed by atoms with Crippen LogP contribution < -0.4 is 11.1 Å². The van der Waals surface area contributed by atoms with E-state index in [4.69, 9.17) is 5.73 Å². The minimum Gasteiger partial charge on any atom is -0.508 e. The summed E-state index contributed by atoms with van der Waals surface area (Å²) in [7, 11) is 3.00. The summed E-state index contributed by atoms with van der Waals surface area (Å²) in [5.74, 6) is -9.37. The van der Waals surface area contributed by atoms with Gasteiger partial charge in [-0.3, -0.25) is 29.0 Å². The summed E-state index contributed by atoms with van der Waals surface area (Å²) in [5, 5.41) is 47.9. The number of phenolic OH excluding ortho intramolecular Hbond substituents is 1. The van der Waals surface area contributed by atoms with Crippen LogP contribution in [0.4, 0.5) is 10.1 Å². The van der Waals surface area contributed by atoms with Crippen LogP contribution in [-0.2, 0) is 32.0 Å². The average Bonchev–Trinajstić information content (AvgIpc) is 2.93. The molecule has 12 nitrogen and oxygen atoms in total. The molecular weight excluding hydrogens is 563 g/mol. The number of aromatic hydroxyl groups is 1. The van der Waals surface area contributed by atoms with Crippen molar-refractivity contribution in [3.8, 4) is 5.75 Å². The van der Waals surface area contributed by atoms with Gasteiger partial charge in [0.1, 0.15) is 22.9 Å². The van der Waals surface area contributed by atoms with E-state index in [1.807, 2.05) is 18.7 Å². The molecule has 1 unspecified atom stereocenters. The number of likely N-dealkylation sites (N-methyl/N-ethyl adjacent to an activating group) is 1. The quantitative estimate of drug-likeness (QED) is 0.195. The molecule has 0 saturated heterocycles. The molecule has 232 valence electrons. The Morgan fingerprint density at radius 1 is 1.07 bits per heavy atom. The van der Waals surface area contributed by atoms with Gasteiger partial charge in [-0.05, 0) is 58.8 Å². The Morgan fingerprint density at radius 2 is 1.70 bits per heavy atom. The van der Waals surface area contributed by atoms with Crippen LogP contribution in [0.3, 0.4) is 0 Å². The van der Waals surface area contributed by atoms with Gasteiger partial charge in [-0.2, -0.15) is 0 Å². The third kappa shape index (κ3) is 4.27. The van der Waals surface area contributed by atoms with Crippen molar-refractivity contribution >= 4 is 34.8 Å². The number of carbonyl (C=O) groups excluding carboxylic acids is 4. The molecule has 43 heavy (non-hydrogen) atoms. The molecule has 1 aliphatic heterocycles. The molecule has 4 aliphatic rings. The molecule has 1 aromatic rings. The minimum atomic E-state index is -2.80. The van der Waals surface area contributed by atoms with Crippen LogP contribution in [0.2, 0.25) is 0 Å². The van der Waals surface area contributed by atoms with Crippen LogP contribution in [0.1, 0.15) is 49.8 Å². The highest BCUT2D eigenvalue weighted by Crippen LogP contribution is 2.54. The highest BCUT2D eigenvalue weighted by atomic mass is 19.1. The van der Waals surface area contributed by atoms with Crippen LogP contribution in [0.25, 0.3) is 5.76 Å². The number of aliphatic hydroxyl groups is 3. The highest BCUT2D eigenvalue weighted by Gasteiger charge is 2.64. The molecular formula is C30H37FN4O8. The number of nitrogens with one attached hydrogen (secondary N) is 1. The second-order valence-corrected chi connectivity index (χ2v) is 12.1. The van der Waals surface area contributed by atoms with Crippen LogP contribution in [0.5, 0.6) is 5.75 Å². The maximum Gasteiger partial charge on any atom is 0.255 e. The van der Waals surface area contributed by atoms with Gasteiger partial charge in [0.25, 0.3) is 5.91 Å². The van der Waals surface area contributed by atoms with Gasteiger partial charge < -0.3 is 31.5 Å². The van der Waals surface area contributed by atoms with Crippen molar-refractivity contribution in [1.29, 1.82) is 0 Å². The number of benzene rings is 1. The van der Waals surface area contributed by atoms with Crippen LogP contribution in [-0.4, -0.2) is 98.5 Å². The standard InChI is InChI=1S/C30H37FN4O8/c1-5-7-35(8-6-2)16-11-14-20(31)13-9-12-10-15-22(34(3)4)25(38)19(28(32)41)27(40)30(15,43)26(39)17(12)23(36)18(13)24(37)21(14)33-29(16)42/h12,15-16,22,36-37,40,43H,5-11H2,1-4H3,(H2,32,41)(H,33,42)/t12-,15-,16?,22-,30-/m1/s1. The molecule has 0 aromatic heterocycles. The largest absolute Gasteiger partial charge is 0.508 e. The van der Waals surface area contributed by atoms with E-state index in [1.54, 1.807) is 0 Å². The number of anilines is 1. The first-order valence-electron chi connectivity index (χ1n) is 14.5. The lowest BCUT2D eigenvalue weighted by Gasteiger charge is -2.50. The maximum absolute atomic E-state index is 16.3. The fourth-order valence-electron chi connectivity index (χ4n) is 7.50. The van der Waals surface area contributed by atoms with Gasteiger partial charge in [0, 0.05) is 29.0 Å². The number of phenols is 1. The summed E-state index contributed by atoms with van der Waals surface area (Å²) < 4.78 is 16.3. The third-order valence-electron chi connectivity index (χ3n) is 9.33. The summed E-state index contributed by atoms with van der Waals surface area (Å²) in [6.45, 7) is 5.19. The molecule has 7 N–H and O–H groups in total. The Morgan fingerprint density at radius 3 is 2.26 bits per heavy atom. The number of carbonyl (C=O) groups is 4. The minimum absolute atomic E-state index is 0.0110. The van der Waals surface area contributed by atoms with E-state index in [-0.39, 0.29) is 41.6 Å². The first-order valence-corrected chi connectivity index (χ1v) is 14.5. The topological polar surface area (TPSA) is 194 Å². The summed E-state index contributed by atoms with van der Waals surface area (Å²) in [5.41, 5.74) is 0.662. The van der Waals surface area contributed by atoms with Crippen molar-refractivity contribution in [3.63, 3.8) is 0 Å². The number of amides is 2. The number of aliphatic hydroxyl groups excluding tert-OH is 2. The first kappa shape index (κ1) is 30.6. The number of rotatable bonds is 7. The molecule has 3 aliphatic carbocycles. The zero-order chi connectivity index (χ0) is 31.7. The number of nitrogens with zero attached hydrogens (tertiary/aromatic N) is 2. The Balaban J connectivity index is 1.66. The van der Waals surface area contributed by atoms with Crippen molar-refractivity contribution in [3.05, 3.63) is 39.4 Å². The van der Waals surface area contributed by atoms with E-state index in [2.05, 4.69) is 5.32 Å². The summed E-state index contributed by atoms with van der Waals surface area (Å²) in [6, 6.07) is -1.91. The third-order valence-corrected chi connectivity index (χ3v) is 9.33. The number of primary amides is 1. The Bertz CT molecular complexity index is 1510. The van der Waals surface area contributed by atoms with Gasteiger partial charge in [-0.25, -0.2) is 4.39 Å². The summed E-state index contributed by atoms with van der Waals surface area (Å²) >= 11 is 0. The van der Waals surface area contributed by atoms with Crippen molar-refractivity contribution in [2.75, 3.05) is 32.5 Å². The van der Waals surface area contributed by atoms with E-state index in [9.17, 15) is 39.6 Å². The van der Waals surface area contributed by atoms with E-state index >= 15 is 4.39 Å². The number of ketones is 2. The lowest BCUT2D eigenvalue weighted by molar-refractivity contribution is -0.153. The fraction of sp³-hybridized carbons (Fsp3) is 0.533. The molecule has 1 fully saturated rings. The number of Topliss-reactive ketones (excluding diaryl/α,β-unsaturated/α-hetero) is 2. The van der Waals surface area contributed by atoms with Crippen LogP contribution in [0, 0.1) is 17.7 Å². The van der Waals surface area contributed by atoms with Gasteiger partial charge in [-0.15, -0.1) is 0 Å². The van der Waals surface area contributed by atoms with E-state index in [1.165, 1.54) is 19.0 Å². The lowest BCUT2D eigenvalue weighted by atomic mass is 9.57. The number of nitrogens with two attached hydrogens (primary N) is 1. The lowest BCUT2D eigenvalue weighted by Crippen LogP contribution is -2.65. The van der Waals surface area contributed by atoms with Gasteiger partial charge in [0.15, 0.2) is 17.1 Å². The predicted molar refractivity (Wildman–Crippen MR) is 152 cm³/mol. The Kier molecular flexibility index (Phi) is 7.64. The van der Waals surface area contributed by atoms with Gasteiger partial charge in [-0.1, -0.05) is 13.8 Å². The first-order chi connectivity index (χ1) is 20.2. The SMILES string of the molecule is CCCN(CCC)C1Cc2c(F)c3c(c(O)c2NC1=O)C(O)=C1C(=O)[C@@]2(O)C(O)=C(C(N)=O)C(=O)[C@H](N(C)C)[C@H]2C[C@H]1C3. The van der Waals surface area contributed by atoms with E-state index in [0.29, 0.717) is 13.1 Å². The molecule has 1 heterocycles. The maximum atomic E-state index is 16.3. The number of hydrogen-bond donors (Lipinski definition) is 6. The van der Waals surface area contributed by atoms with Crippen molar-refractivity contribution in [1.82, 2.24) is 9.80 Å². The normalized spacial score (nSPS) is 28.5. The van der Waals surface area contributed by atoms with Crippen molar-refractivity contribution in [2.24, 2.45) is 17.6 Å². The predicted octanol–water partition coefficient (Wildman–Crippen LogP) is 1.09. The molecule has 0 spiro atoms. The summed E-state index contributed by atoms with van der Waals surface area (Å²) in [6.07, 6.45) is 1.22. The molecule has 5 atom stereocenters. The number of fused-ring (bicyclic) bond motifs is 4. The van der Waals surface area contributed by atoms with Gasteiger partial charge in [0.2, 0.25) is 11.7 Å². The molecule has 1 aromatic carbocycles. The van der Waals surface area contributed by atoms with Crippen LogP contribution in [0.15, 0.2) is 16.9 Å². The monoisotopic (exact) mass is 600 g/mol. The molecule has 0 radical (unpaired) electrons. The van der Waals surface area contributed by atoms with Crippen molar-refractivity contribution < 1.29 is 44.0 Å². The van der Waals surface area contributed by atoms with Crippen LogP contribution >= 0.6 is 0 Å². The number of halogens is 1. The van der Waals surface area contributed by atoms with Gasteiger partial charge >= 0.3 is 0 Å². The molecule has 5 rings (SSSR count). The average molecular weight is 601 g/mol. The molecule has 2 amide bonds. The summed E-state index contributed by atoms with van der Waals surface area (Å²) in [4.78, 5) is 55.8. The fourth-order valence-corrected chi connectivity index (χ4v) is 7.50. The van der Waals surface area contributed by atoms with E-state index in [0.717, 1.165) is 12.8 Å². The molecule has 1 saturated carbocycles. The molecule has 0 bridgehead atoms. The van der Waals surface area contributed by atoms with E-state index < -0.39 is 87.1 Å². The second kappa shape index (κ2) is 10.7. The zero-order valence-electron chi connectivity index (χ0n) is 24.5. The number of hydrogen-bond acceptors (Lipinski definition) is 10.